The molecular formula is C50H32. The summed E-state index contributed by atoms with van der Waals surface area (Å²) in [5.74, 6) is 0. The molecule has 0 amide bonds. The predicted octanol–water partition coefficient (Wildman–Crippen LogP) is 14.1. The van der Waals surface area contributed by atoms with E-state index < -0.39 is 0 Å². The van der Waals surface area contributed by atoms with Gasteiger partial charge in [0.1, 0.15) is 0 Å². The molecule has 0 aliphatic carbocycles. The molecule has 0 nitrogen and oxygen atoms in total. The lowest BCUT2D eigenvalue weighted by Crippen LogP contribution is -1.95. The maximum atomic E-state index is 2.41. The minimum atomic E-state index is 1.22. The molecule has 0 atom stereocenters. The van der Waals surface area contributed by atoms with Crippen LogP contribution >= 0.6 is 0 Å². The van der Waals surface area contributed by atoms with Crippen molar-refractivity contribution < 1.29 is 0 Å². The van der Waals surface area contributed by atoms with Crippen LogP contribution in [0.4, 0.5) is 0 Å². The van der Waals surface area contributed by atoms with E-state index in [9.17, 15) is 0 Å². The first kappa shape index (κ1) is 28.5. The molecule has 232 valence electrons. The van der Waals surface area contributed by atoms with Gasteiger partial charge in [0.05, 0.1) is 0 Å². The molecule has 10 rings (SSSR count). The molecule has 0 aromatic heterocycles. The van der Waals surface area contributed by atoms with Crippen LogP contribution in [0.1, 0.15) is 0 Å². The standard InChI is InChI=1S/C50H32/c1-3-17-33(18-4-1)45-31-35-21-7-8-22-36(35)32-46(45)48-39-25-11-15-29-43(39)50(44-30-16-12-26-40(44)48)49-41-27-13-9-23-37(41)47(34-19-5-2-6-20-34)38-24-10-14-28-42(38)49/h1-32H. The second-order valence-electron chi connectivity index (χ2n) is 13.2. The fourth-order valence-electron chi connectivity index (χ4n) is 8.31. The molecule has 10 aromatic carbocycles. The van der Waals surface area contributed by atoms with Crippen molar-refractivity contribution in [3.8, 4) is 44.5 Å². The molecule has 0 saturated heterocycles. The van der Waals surface area contributed by atoms with Crippen molar-refractivity contribution in [1.29, 1.82) is 0 Å². The average Bonchev–Trinajstić information content (AvgIpc) is 3.19. The van der Waals surface area contributed by atoms with E-state index in [2.05, 4.69) is 194 Å². The third kappa shape index (κ3) is 4.39. The van der Waals surface area contributed by atoms with E-state index >= 15 is 0 Å². The Kier molecular flexibility index (Phi) is 6.60. The Bertz CT molecular complexity index is 2780. The van der Waals surface area contributed by atoms with E-state index in [1.807, 2.05) is 0 Å². The van der Waals surface area contributed by atoms with E-state index in [1.165, 1.54) is 98.4 Å². The predicted molar refractivity (Wildman–Crippen MR) is 216 cm³/mol. The highest BCUT2D eigenvalue weighted by atomic mass is 14.3. The smallest absolute Gasteiger partial charge is 0.00139 e. The number of rotatable bonds is 4. The number of fused-ring (bicyclic) bond motifs is 5. The van der Waals surface area contributed by atoms with Crippen molar-refractivity contribution in [3.05, 3.63) is 194 Å². The average molecular weight is 633 g/mol. The number of hydrogen-bond acceptors (Lipinski definition) is 0. The Morgan fingerprint density at radius 3 is 0.920 bits per heavy atom. The van der Waals surface area contributed by atoms with Crippen molar-refractivity contribution >= 4 is 53.9 Å². The fourth-order valence-corrected chi connectivity index (χ4v) is 8.31. The van der Waals surface area contributed by atoms with E-state index in [0.29, 0.717) is 0 Å². The molecule has 0 bridgehead atoms. The van der Waals surface area contributed by atoms with Gasteiger partial charge < -0.3 is 0 Å². The largest absolute Gasteiger partial charge is 0.0622 e. The summed E-state index contributed by atoms with van der Waals surface area (Å²) in [6, 6.07) is 71.3. The zero-order valence-corrected chi connectivity index (χ0v) is 27.5. The van der Waals surface area contributed by atoms with Gasteiger partial charge in [-0.2, -0.15) is 0 Å². The topological polar surface area (TPSA) is 0 Å². The van der Waals surface area contributed by atoms with Gasteiger partial charge in [-0.1, -0.05) is 182 Å². The van der Waals surface area contributed by atoms with Gasteiger partial charge in [0.2, 0.25) is 0 Å². The molecule has 0 aliphatic heterocycles. The summed E-state index contributed by atoms with van der Waals surface area (Å²) >= 11 is 0. The lowest BCUT2D eigenvalue weighted by atomic mass is 9.80. The molecule has 10 aromatic rings. The summed E-state index contributed by atoms with van der Waals surface area (Å²) in [5, 5.41) is 12.6. The molecule has 0 heterocycles. The highest BCUT2D eigenvalue weighted by molar-refractivity contribution is 6.30. The molecule has 0 fully saturated rings. The minimum Gasteiger partial charge on any atom is -0.0622 e. The lowest BCUT2D eigenvalue weighted by Gasteiger charge is -2.23. The summed E-state index contributed by atoms with van der Waals surface area (Å²) in [4.78, 5) is 0. The maximum Gasteiger partial charge on any atom is -0.00139 e. The first-order valence-corrected chi connectivity index (χ1v) is 17.4. The Morgan fingerprint density at radius 2 is 0.500 bits per heavy atom. The van der Waals surface area contributed by atoms with Crippen molar-refractivity contribution in [2.24, 2.45) is 0 Å². The van der Waals surface area contributed by atoms with Crippen LogP contribution in [0.25, 0.3) is 98.4 Å². The van der Waals surface area contributed by atoms with Crippen LogP contribution in [0.15, 0.2) is 194 Å². The molecule has 50 heavy (non-hydrogen) atoms. The maximum absolute atomic E-state index is 2.41. The Hall–Kier alpha value is -6.50. The van der Waals surface area contributed by atoms with Crippen molar-refractivity contribution in [3.63, 3.8) is 0 Å². The van der Waals surface area contributed by atoms with Crippen LogP contribution < -0.4 is 0 Å². The quantitative estimate of drug-likeness (QED) is 0.169. The summed E-state index contributed by atoms with van der Waals surface area (Å²) < 4.78 is 0. The van der Waals surface area contributed by atoms with Gasteiger partial charge >= 0.3 is 0 Å². The van der Waals surface area contributed by atoms with Gasteiger partial charge in [0, 0.05) is 0 Å². The Balaban J connectivity index is 1.39. The fraction of sp³-hybridized carbons (Fsp3) is 0. The second-order valence-corrected chi connectivity index (χ2v) is 13.2. The summed E-state index contributed by atoms with van der Waals surface area (Å²) in [5.41, 5.74) is 10.1. The Morgan fingerprint density at radius 1 is 0.200 bits per heavy atom. The zero-order valence-electron chi connectivity index (χ0n) is 27.5. The minimum absolute atomic E-state index is 1.22. The van der Waals surface area contributed by atoms with Crippen LogP contribution in [0.2, 0.25) is 0 Å². The second kappa shape index (κ2) is 11.6. The number of benzene rings is 10. The van der Waals surface area contributed by atoms with Crippen molar-refractivity contribution in [1.82, 2.24) is 0 Å². The van der Waals surface area contributed by atoms with E-state index in [0.717, 1.165) is 0 Å². The molecule has 0 radical (unpaired) electrons. The summed E-state index contributed by atoms with van der Waals surface area (Å²) in [6.07, 6.45) is 0. The van der Waals surface area contributed by atoms with Gasteiger partial charge in [0.25, 0.3) is 0 Å². The highest BCUT2D eigenvalue weighted by Crippen LogP contribution is 2.51. The monoisotopic (exact) mass is 632 g/mol. The van der Waals surface area contributed by atoms with Crippen LogP contribution in [0.5, 0.6) is 0 Å². The molecule has 0 spiro atoms. The zero-order chi connectivity index (χ0) is 33.0. The van der Waals surface area contributed by atoms with Gasteiger partial charge in [-0.25, -0.2) is 0 Å². The lowest BCUT2D eigenvalue weighted by molar-refractivity contribution is 1.63. The number of hydrogen-bond donors (Lipinski definition) is 0. The summed E-state index contributed by atoms with van der Waals surface area (Å²) in [7, 11) is 0. The Labute approximate surface area is 291 Å². The molecular weight excluding hydrogens is 601 g/mol. The van der Waals surface area contributed by atoms with Crippen molar-refractivity contribution in [2.75, 3.05) is 0 Å². The molecule has 0 unspecified atom stereocenters. The molecule has 0 heteroatoms. The SMILES string of the molecule is c1ccc(-c2cc3ccccc3cc2-c2c3ccccc3c(-c3c4ccccc4c(-c4ccccc4)c4ccccc34)c3ccccc23)cc1. The van der Waals surface area contributed by atoms with Crippen LogP contribution in [0.3, 0.4) is 0 Å². The van der Waals surface area contributed by atoms with Crippen LogP contribution in [-0.4, -0.2) is 0 Å². The summed E-state index contributed by atoms with van der Waals surface area (Å²) in [6.45, 7) is 0. The van der Waals surface area contributed by atoms with Crippen molar-refractivity contribution in [2.45, 2.75) is 0 Å². The third-order valence-corrected chi connectivity index (χ3v) is 10.4. The molecule has 0 N–H and O–H groups in total. The normalized spacial score (nSPS) is 11.6. The first-order chi connectivity index (χ1) is 24.8. The van der Waals surface area contributed by atoms with Gasteiger partial charge in [-0.15, -0.1) is 0 Å². The van der Waals surface area contributed by atoms with Crippen LogP contribution in [-0.2, 0) is 0 Å². The highest BCUT2D eigenvalue weighted by Gasteiger charge is 2.23. The van der Waals surface area contributed by atoms with E-state index in [4.69, 9.17) is 0 Å². The van der Waals surface area contributed by atoms with Gasteiger partial charge in [-0.05, 0) is 111 Å². The molecule has 0 aliphatic rings. The van der Waals surface area contributed by atoms with Crippen LogP contribution in [0, 0.1) is 0 Å². The van der Waals surface area contributed by atoms with Gasteiger partial charge in [-0.3, -0.25) is 0 Å². The molecule has 0 saturated carbocycles. The third-order valence-electron chi connectivity index (χ3n) is 10.4. The van der Waals surface area contributed by atoms with E-state index in [-0.39, 0.29) is 0 Å². The van der Waals surface area contributed by atoms with E-state index in [1.54, 1.807) is 0 Å². The van der Waals surface area contributed by atoms with Gasteiger partial charge in [0.15, 0.2) is 0 Å². The first-order valence-electron chi connectivity index (χ1n) is 17.4.